The fourth-order valence-electron chi connectivity index (χ4n) is 2.81. The van der Waals surface area contributed by atoms with Crippen molar-refractivity contribution in [3.63, 3.8) is 0 Å². The molecule has 2 aromatic carbocycles. The third kappa shape index (κ3) is 2.57. The van der Waals surface area contributed by atoms with E-state index in [-0.39, 0.29) is 10.6 Å². The van der Waals surface area contributed by atoms with Crippen molar-refractivity contribution in [1.82, 2.24) is 9.97 Å². The Labute approximate surface area is 148 Å². The molecule has 26 heavy (non-hydrogen) atoms. The van der Waals surface area contributed by atoms with E-state index in [1.807, 2.05) is 12.1 Å². The number of H-pyrrole nitrogens is 1. The second kappa shape index (κ2) is 5.86. The van der Waals surface area contributed by atoms with Crippen molar-refractivity contribution in [2.75, 3.05) is 4.72 Å². The van der Waals surface area contributed by atoms with Crippen molar-refractivity contribution in [1.29, 1.82) is 0 Å². The number of rotatable bonds is 3. The standard InChI is InChI=1S/C19H12FN3O2S/c1-2-12-5-8-16(15(20)10-12)23-26(24,25)17-11-22-19-14(17)7-6-13-4-3-9-21-18(13)19/h1,3-11,21,23H. The minimum absolute atomic E-state index is 0.0212. The quantitative estimate of drug-likeness (QED) is 0.544. The molecule has 2 N–H and O–H groups in total. The summed E-state index contributed by atoms with van der Waals surface area (Å²) in [7, 11) is -4.03. The smallest absolute Gasteiger partial charge is 0.264 e. The number of pyridine rings is 1. The third-order valence-corrected chi connectivity index (χ3v) is 5.45. The molecule has 0 atom stereocenters. The highest BCUT2D eigenvalue weighted by atomic mass is 32.2. The normalized spacial score (nSPS) is 11.5. The summed E-state index contributed by atoms with van der Waals surface area (Å²) in [6, 6.07) is 11.1. The van der Waals surface area contributed by atoms with E-state index in [0.29, 0.717) is 16.5 Å². The molecular weight excluding hydrogens is 353 g/mol. The van der Waals surface area contributed by atoms with E-state index in [4.69, 9.17) is 6.42 Å². The van der Waals surface area contributed by atoms with Gasteiger partial charge in [-0.25, -0.2) is 12.8 Å². The second-order valence-corrected chi connectivity index (χ2v) is 7.31. The number of benzene rings is 2. The first-order valence-electron chi connectivity index (χ1n) is 7.63. The monoisotopic (exact) mass is 365 g/mol. The largest absolute Gasteiger partial charge is 0.359 e. The van der Waals surface area contributed by atoms with Gasteiger partial charge in [-0.3, -0.25) is 9.71 Å². The van der Waals surface area contributed by atoms with Crippen LogP contribution in [0.25, 0.3) is 21.8 Å². The van der Waals surface area contributed by atoms with Crippen LogP contribution in [0.2, 0.25) is 0 Å². The number of hydrogen-bond donors (Lipinski definition) is 2. The zero-order valence-electron chi connectivity index (χ0n) is 13.3. The van der Waals surface area contributed by atoms with E-state index in [1.54, 1.807) is 18.3 Å². The molecule has 2 heterocycles. The van der Waals surface area contributed by atoms with Gasteiger partial charge in [-0.2, -0.15) is 0 Å². The molecule has 0 fully saturated rings. The molecular formula is C19H12FN3O2S. The van der Waals surface area contributed by atoms with Gasteiger partial charge < -0.3 is 4.98 Å². The maximum Gasteiger partial charge on any atom is 0.264 e. The van der Waals surface area contributed by atoms with Crippen LogP contribution in [-0.4, -0.2) is 18.4 Å². The lowest BCUT2D eigenvalue weighted by molar-refractivity contribution is 0.599. The van der Waals surface area contributed by atoms with E-state index >= 15 is 0 Å². The van der Waals surface area contributed by atoms with Gasteiger partial charge in [0.05, 0.1) is 16.7 Å². The number of aromatic amines is 1. The molecule has 0 bridgehead atoms. The molecule has 128 valence electrons. The molecule has 4 aromatic rings. The molecule has 0 saturated carbocycles. The Morgan fingerprint density at radius 2 is 2.04 bits per heavy atom. The maximum atomic E-state index is 14.1. The van der Waals surface area contributed by atoms with E-state index in [2.05, 4.69) is 20.6 Å². The molecule has 0 amide bonds. The zero-order valence-corrected chi connectivity index (χ0v) is 14.1. The fraction of sp³-hybridized carbons (Fsp3) is 0. The Kier molecular flexibility index (Phi) is 3.63. The lowest BCUT2D eigenvalue weighted by Crippen LogP contribution is -2.13. The van der Waals surface area contributed by atoms with Crippen molar-refractivity contribution in [2.24, 2.45) is 0 Å². The van der Waals surface area contributed by atoms with E-state index in [1.165, 1.54) is 18.3 Å². The number of terminal acetylenes is 1. The molecule has 0 saturated heterocycles. The van der Waals surface area contributed by atoms with Gasteiger partial charge in [-0.15, -0.1) is 6.42 Å². The Morgan fingerprint density at radius 1 is 1.19 bits per heavy atom. The Hall–Kier alpha value is -3.37. The van der Waals surface area contributed by atoms with Gasteiger partial charge in [0, 0.05) is 28.7 Å². The average Bonchev–Trinajstić information content (AvgIpc) is 3.09. The number of hydrogen-bond acceptors (Lipinski definition) is 3. The van der Waals surface area contributed by atoms with Crippen LogP contribution in [0, 0.1) is 18.2 Å². The highest BCUT2D eigenvalue weighted by molar-refractivity contribution is 7.93. The van der Waals surface area contributed by atoms with Crippen molar-refractivity contribution in [2.45, 2.75) is 4.90 Å². The number of fused-ring (bicyclic) bond motifs is 3. The lowest BCUT2D eigenvalue weighted by Gasteiger charge is -2.08. The van der Waals surface area contributed by atoms with Gasteiger partial charge in [0.25, 0.3) is 10.0 Å². The fourth-order valence-corrected chi connectivity index (χ4v) is 4.02. The lowest BCUT2D eigenvalue weighted by atomic mass is 10.1. The summed E-state index contributed by atoms with van der Waals surface area (Å²) in [4.78, 5) is 7.29. The van der Waals surface area contributed by atoms with E-state index < -0.39 is 15.8 Å². The number of halogens is 1. The number of sulfonamides is 1. The first kappa shape index (κ1) is 16.1. The molecule has 0 aliphatic carbocycles. The molecule has 4 rings (SSSR count). The number of nitrogens with zero attached hydrogens (tertiary/aromatic N) is 1. The van der Waals surface area contributed by atoms with Crippen LogP contribution in [0.5, 0.6) is 0 Å². The molecule has 2 aromatic heterocycles. The van der Waals surface area contributed by atoms with Crippen LogP contribution in [0.15, 0.2) is 59.8 Å². The minimum Gasteiger partial charge on any atom is -0.359 e. The molecule has 0 aliphatic heterocycles. The van der Waals surface area contributed by atoms with Crippen molar-refractivity contribution >= 4 is 37.5 Å². The predicted octanol–water partition coefficient (Wildman–Crippen LogP) is 3.64. The minimum atomic E-state index is -4.03. The van der Waals surface area contributed by atoms with Crippen LogP contribution < -0.4 is 4.72 Å². The average molecular weight is 365 g/mol. The number of anilines is 1. The van der Waals surface area contributed by atoms with Crippen LogP contribution in [0.1, 0.15) is 5.56 Å². The van der Waals surface area contributed by atoms with E-state index in [9.17, 15) is 12.8 Å². The zero-order chi connectivity index (χ0) is 18.3. The molecule has 5 nitrogen and oxygen atoms in total. The topological polar surface area (TPSA) is 74.8 Å². The van der Waals surface area contributed by atoms with Crippen LogP contribution in [-0.2, 0) is 10.0 Å². The number of aromatic nitrogens is 2. The van der Waals surface area contributed by atoms with Crippen molar-refractivity contribution < 1.29 is 12.8 Å². The van der Waals surface area contributed by atoms with Gasteiger partial charge in [-0.05, 0) is 24.3 Å². The Balaban J connectivity index is 1.81. The molecule has 0 unspecified atom stereocenters. The first-order chi connectivity index (χ1) is 12.5. The number of nitrogens with one attached hydrogen (secondary N) is 2. The summed E-state index contributed by atoms with van der Waals surface area (Å²) in [6.07, 6.45) is 8.22. The Morgan fingerprint density at radius 3 is 2.81 bits per heavy atom. The van der Waals surface area contributed by atoms with Crippen LogP contribution in [0.3, 0.4) is 0 Å². The molecule has 7 heteroatoms. The summed E-state index contributed by atoms with van der Waals surface area (Å²) in [5.41, 5.74) is 1.42. The summed E-state index contributed by atoms with van der Waals surface area (Å²) in [5.74, 6) is 1.55. The Bertz CT molecular complexity index is 1300. The maximum absolute atomic E-state index is 14.1. The van der Waals surface area contributed by atoms with Crippen LogP contribution in [0.4, 0.5) is 10.1 Å². The van der Waals surface area contributed by atoms with Gasteiger partial charge in [0.2, 0.25) is 0 Å². The SMILES string of the molecule is C#Cc1ccc(NS(=O)(=O)c2cnc3c2ccc2ccc[nH]c23)c(F)c1. The van der Waals surface area contributed by atoms with Crippen LogP contribution >= 0.6 is 0 Å². The summed E-state index contributed by atoms with van der Waals surface area (Å²) in [5, 5.41) is 1.36. The van der Waals surface area contributed by atoms with Crippen molar-refractivity contribution in [3.8, 4) is 12.3 Å². The van der Waals surface area contributed by atoms with Crippen molar-refractivity contribution in [3.05, 3.63) is 66.2 Å². The first-order valence-corrected chi connectivity index (χ1v) is 9.12. The van der Waals surface area contributed by atoms with Gasteiger partial charge in [-0.1, -0.05) is 24.1 Å². The predicted molar refractivity (Wildman–Crippen MR) is 98.7 cm³/mol. The second-order valence-electron chi connectivity index (χ2n) is 5.66. The summed E-state index contributed by atoms with van der Waals surface area (Å²) in [6.45, 7) is 0. The summed E-state index contributed by atoms with van der Waals surface area (Å²) < 4.78 is 41.8. The highest BCUT2D eigenvalue weighted by Gasteiger charge is 2.22. The molecule has 0 radical (unpaired) electrons. The summed E-state index contributed by atoms with van der Waals surface area (Å²) >= 11 is 0. The van der Waals surface area contributed by atoms with E-state index in [0.717, 1.165) is 17.0 Å². The highest BCUT2D eigenvalue weighted by Crippen LogP contribution is 2.29. The van der Waals surface area contributed by atoms with Gasteiger partial charge in [0.15, 0.2) is 0 Å². The third-order valence-electron chi connectivity index (χ3n) is 4.06. The van der Waals surface area contributed by atoms with Gasteiger partial charge in [0.1, 0.15) is 10.7 Å². The van der Waals surface area contributed by atoms with Gasteiger partial charge >= 0.3 is 0 Å². The molecule has 0 aliphatic rings. The molecule has 0 spiro atoms.